The van der Waals surface area contributed by atoms with E-state index in [1.807, 2.05) is 0 Å². The van der Waals surface area contributed by atoms with Crippen LogP contribution in [0.2, 0.25) is 0 Å². The van der Waals surface area contributed by atoms with Gasteiger partial charge in [0.2, 0.25) is 0 Å². The Kier molecular flexibility index (Phi) is 40.7. The van der Waals surface area contributed by atoms with Crippen LogP contribution in [0.1, 0.15) is 0 Å². The first-order valence-corrected chi connectivity index (χ1v) is 10.2. The summed E-state index contributed by atoms with van der Waals surface area (Å²) in [5, 5.41) is 0. The summed E-state index contributed by atoms with van der Waals surface area (Å²) < 4.78 is 0. The smallest absolute Gasteiger partial charge is 0.894 e. The topological polar surface area (TPSA) is 349 Å². The van der Waals surface area contributed by atoms with E-state index in [0.29, 0.717) is 0 Å². The van der Waals surface area contributed by atoms with Gasteiger partial charge in [-0.25, -0.2) is 0 Å². The van der Waals surface area contributed by atoms with Crippen molar-refractivity contribution in [2.24, 2.45) is 0 Å². The summed E-state index contributed by atoms with van der Waals surface area (Å²) in [5.74, 6) is 0. The molecule has 0 saturated heterocycles. The van der Waals surface area contributed by atoms with Gasteiger partial charge in [-0.2, -0.15) is 0 Å². The zero-order chi connectivity index (χ0) is 18.0. The van der Waals surface area contributed by atoms with Crippen LogP contribution in [0.15, 0.2) is 0 Å². The number of hydrogen-bond acceptors (Lipinski definition) is 16. The first-order chi connectivity index (χ1) is 8.00. The van der Waals surface area contributed by atoms with E-state index in [0.717, 1.165) is 0 Å². The van der Waals surface area contributed by atoms with Gasteiger partial charge in [0.05, 0.1) is 0 Å². The van der Waals surface area contributed by atoms with E-state index in [9.17, 15) is 0 Å². The predicted molar refractivity (Wildman–Crippen MR) is 38.5 cm³/mol. The first kappa shape index (κ1) is 45.5. The van der Waals surface area contributed by atoms with Crippen molar-refractivity contribution in [2.45, 2.75) is 0 Å². The van der Waals surface area contributed by atoms with Crippen LogP contribution in [0.3, 0.4) is 0 Å². The number of hydrogen-bond donors (Lipinski definition) is 7. The van der Waals surface area contributed by atoms with Crippen molar-refractivity contribution in [2.75, 3.05) is 0 Å². The predicted octanol–water partition coefficient (Wildman–Crippen LogP) is -16.1. The van der Waals surface area contributed by atoms with Crippen LogP contribution in [0, 0.1) is 107 Å². The summed E-state index contributed by atoms with van der Waals surface area (Å²) in [4.78, 5) is 128. The van der Waals surface area contributed by atoms with Crippen molar-refractivity contribution in [3.63, 3.8) is 0 Å². The molecule has 23 heteroatoms. The van der Waals surface area contributed by atoms with Crippen LogP contribution in [0.25, 0.3) is 0 Å². The van der Waals surface area contributed by atoms with E-state index in [-0.39, 0.29) is 107 Å². The van der Waals surface area contributed by atoms with Crippen molar-refractivity contribution in [1.82, 2.24) is 0 Å². The van der Waals surface area contributed by atoms with Crippen LogP contribution in [0.5, 0.6) is 0 Å². The zero-order valence-electron chi connectivity index (χ0n) is 10.5. The van der Waals surface area contributed by atoms with Gasteiger partial charge in [0.1, 0.15) is 0 Å². The molecule has 16 nitrogen and oxygen atoms in total. The molecule has 128 valence electrons. The van der Waals surface area contributed by atoms with E-state index in [4.69, 9.17) is 76.7 Å². The van der Waals surface area contributed by atoms with Gasteiger partial charge in [-0.05, 0) is 0 Å². The maximum absolute atomic E-state index is 8.91. The van der Waals surface area contributed by atoms with Gasteiger partial charge in [0.25, 0.3) is 0 Å². The molecule has 0 amide bonds. The average Bonchev–Trinajstić information content (AvgIpc) is 1.62. The van der Waals surface area contributed by atoms with Crippen LogP contribution < -0.4 is 43.2 Å². The molecule has 0 aliphatic carbocycles. The standard InChI is InChI=1S/3La.H4O4Si.H3O4Si.2O4Si/c;;;4*1-5(2,3)4/h;;;1-4H;1-3H;;/q3*+3;;-1;2*-4. The quantitative estimate of drug-likeness (QED) is 0.112. The molecule has 0 aliphatic heterocycles. The van der Waals surface area contributed by atoms with Crippen LogP contribution in [-0.4, -0.2) is 69.8 Å². The molecule has 7 N–H and O–H groups in total. The molecule has 0 unspecified atom stereocenters. The molecule has 0 aliphatic rings. The van der Waals surface area contributed by atoms with Gasteiger partial charge < -0.3 is 94.8 Å². The Morgan fingerprint density at radius 3 is 0.391 bits per heavy atom. The summed E-state index contributed by atoms with van der Waals surface area (Å²) in [6, 6.07) is 0. The van der Waals surface area contributed by atoms with E-state index in [2.05, 4.69) is 0 Å². The molecule has 0 heterocycles. The molecule has 0 aromatic heterocycles. The van der Waals surface area contributed by atoms with Crippen molar-refractivity contribution >= 4 is 36.2 Å². The molecule has 0 bridgehead atoms. The average molecular weight is 792 g/mol. The number of rotatable bonds is 0. The van der Waals surface area contributed by atoms with Crippen LogP contribution in [0.4, 0.5) is 0 Å². The Hall–Kier alpha value is 3.81. The molecular formula is H7La3O16Si4. The molecule has 0 fully saturated rings. The summed E-state index contributed by atoms with van der Waals surface area (Å²) in [6.45, 7) is 0. The summed E-state index contributed by atoms with van der Waals surface area (Å²) in [6.07, 6.45) is 0. The molecular weight excluding hydrogens is 785 g/mol. The van der Waals surface area contributed by atoms with E-state index >= 15 is 0 Å². The van der Waals surface area contributed by atoms with Crippen molar-refractivity contribution in [1.29, 1.82) is 0 Å². The Morgan fingerprint density at radius 2 is 0.391 bits per heavy atom. The van der Waals surface area contributed by atoms with Gasteiger partial charge in [-0.15, -0.1) is 0 Å². The van der Waals surface area contributed by atoms with E-state index in [1.165, 1.54) is 0 Å². The Labute approximate surface area is 216 Å². The summed E-state index contributed by atoms with van der Waals surface area (Å²) >= 11 is 0. The SMILES string of the molecule is O[Si](O)(O)O.[La+3].[La+3].[La+3].[O-][Si](O)(O)O.[O-][Si]([O-])([O-])[O-].[O-][Si]([O-])([O-])[O-]. The zero-order valence-corrected chi connectivity index (χ0v) is 25.4. The minimum Gasteiger partial charge on any atom is -0.894 e. The van der Waals surface area contributed by atoms with E-state index < -0.39 is 36.2 Å². The van der Waals surface area contributed by atoms with Gasteiger partial charge in [0.15, 0.2) is 0 Å². The molecule has 0 saturated carbocycles. The largest absolute Gasteiger partial charge is 3.00 e. The third-order valence-corrected chi connectivity index (χ3v) is 0. The minimum absolute atomic E-state index is 0. The third-order valence-electron chi connectivity index (χ3n) is 0. The third kappa shape index (κ3) is 1010. The normalized spacial score (nSPS) is 10.4. The second-order valence-electron chi connectivity index (χ2n) is 2.17. The van der Waals surface area contributed by atoms with Crippen molar-refractivity contribution in [3.8, 4) is 0 Å². The van der Waals surface area contributed by atoms with Crippen LogP contribution in [-0.2, 0) is 0 Å². The first-order valence-electron chi connectivity index (χ1n) is 3.40. The maximum Gasteiger partial charge on any atom is 3.00 e. The van der Waals surface area contributed by atoms with Gasteiger partial charge in [-0.1, -0.05) is 0 Å². The monoisotopic (exact) mass is 792 g/mol. The fourth-order valence-corrected chi connectivity index (χ4v) is 0. The van der Waals surface area contributed by atoms with E-state index in [1.54, 1.807) is 0 Å². The second kappa shape index (κ2) is 20.5. The fourth-order valence-electron chi connectivity index (χ4n) is 0. The van der Waals surface area contributed by atoms with Gasteiger partial charge in [-0.3, -0.25) is 0 Å². The molecule has 0 aromatic rings. The summed E-state index contributed by atoms with van der Waals surface area (Å²) in [7, 11) is -20.7. The molecule has 23 heavy (non-hydrogen) atoms. The Morgan fingerprint density at radius 1 is 0.391 bits per heavy atom. The maximum atomic E-state index is 8.91. The molecule has 0 spiro atoms. The molecule has 0 radical (unpaired) electrons. The summed E-state index contributed by atoms with van der Waals surface area (Å²) in [5.41, 5.74) is 0. The molecule has 0 aromatic carbocycles. The Balaban J connectivity index is -0.0000000284. The van der Waals surface area contributed by atoms with Crippen LogP contribution >= 0.6 is 0 Å². The van der Waals surface area contributed by atoms with Crippen molar-refractivity contribution in [3.05, 3.63) is 0 Å². The van der Waals surface area contributed by atoms with Crippen molar-refractivity contribution < 1.29 is 184 Å². The minimum atomic E-state index is -5.61. The Bertz CT molecular complexity index is 137. The second-order valence-corrected chi connectivity index (χ2v) is 6.52. The molecule has 0 atom stereocenters. The van der Waals surface area contributed by atoms with Gasteiger partial charge in [0, 0.05) is 0 Å². The molecule has 0 rings (SSSR count). The van der Waals surface area contributed by atoms with Gasteiger partial charge >= 0.3 is 125 Å². The fraction of sp³-hybridized carbons (Fsp3) is 0.